The van der Waals surface area contributed by atoms with Gasteiger partial charge in [-0.25, -0.2) is 0 Å². The van der Waals surface area contributed by atoms with Crippen molar-refractivity contribution in [1.29, 1.82) is 5.41 Å². The SMILES string of the molecule is Cn1c(-c2cccc(Br)c2)cn(CC(=O)c2ccc3c(c2)OCO3)c1=N. The molecule has 6 nitrogen and oxygen atoms in total. The van der Waals surface area contributed by atoms with E-state index in [0.29, 0.717) is 17.1 Å². The molecule has 3 aromatic rings. The van der Waals surface area contributed by atoms with Crippen molar-refractivity contribution in [2.24, 2.45) is 7.05 Å². The van der Waals surface area contributed by atoms with Crippen LogP contribution in [0.1, 0.15) is 10.4 Å². The van der Waals surface area contributed by atoms with E-state index >= 15 is 0 Å². The number of fused-ring (bicyclic) bond motifs is 1. The Morgan fingerprint density at radius 1 is 1.19 bits per heavy atom. The molecule has 7 heteroatoms. The van der Waals surface area contributed by atoms with Gasteiger partial charge in [0.05, 0.1) is 12.2 Å². The fourth-order valence-corrected chi connectivity index (χ4v) is 3.35. The van der Waals surface area contributed by atoms with E-state index in [0.717, 1.165) is 15.7 Å². The number of halogens is 1. The molecule has 0 saturated carbocycles. The summed E-state index contributed by atoms with van der Waals surface area (Å²) < 4.78 is 15.0. The maximum Gasteiger partial charge on any atom is 0.231 e. The summed E-state index contributed by atoms with van der Waals surface area (Å²) in [6.45, 7) is 0.258. The van der Waals surface area contributed by atoms with Crippen LogP contribution in [0.15, 0.2) is 53.1 Å². The van der Waals surface area contributed by atoms with Gasteiger partial charge in [0.15, 0.2) is 17.3 Å². The highest BCUT2D eigenvalue weighted by atomic mass is 79.9. The van der Waals surface area contributed by atoms with Gasteiger partial charge in [0.1, 0.15) is 0 Å². The summed E-state index contributed by atoms with van der Waals surface area (Å²) >= 11 is 3.47. The van der Waals surface area contributed by atoms with Crippen molar-refractivity contribution in [3.63, 3.8) is 0 Å². The summed E-state index contributed by atoms with van der Waals surface area (Å²) in [6, 6.07) is 13.0. The number of ether oxygens (including phenoxy) is 2. The zero-order valence-corrected chi connectivity index (χ0v) is 15.6. The molecular weight excluding hydrogens is 398 g/mol. The van der Waals surface area contributed by atoms with E-state index in [9.17, 15) is 4.79 Å². The lowest BCUT2D eigenvalue weighted by molar-refractivity contribution is 0.0969. The highest BCUT2D eigenvalue weighted by molar-refractivity contribution is 9.10. The molecule has 1 aromatic heterocycles. The molecule has 26 heavy (non-hydrogen) atoms. The Morgan fingerprint density at radius 2 is 2.00 bits per heavy atom. The second-order valence-corrected chi connectivity index (χ2v) is 6.94. The zero-order chi connectivity index (χ0) is 18.3. The first-order chi connectivity index (χ1) is 12.5. The first kappa shape index (κ1) is 16.7. The molecule has 0 radical (unpaired) electrons. The molecule has 2 aromatic carbocycles. The van der Waals surface area contributed by atoms with Crippen molar-refractivity contribution in [1.82, 2.24) is 9.13 Å². The minimum absolute atomic E-state index is 0.0837. The Bertz CT molecular complexity index is 1070. The Kier molecular flexibility index (Phi) is 4.16. The lowest BCUT2D eigenvalue weighted by Crippen LogP contribution is -2.25. The number of rotatable bonds is 4. The topological polar surface area (TPSA) is 69.2 Å². The van der Waals surface area contributed by atoms with Gasteiger partial charge in [-0.3, -0.25) is 10.2 Å². The third kappa shape index (κ3) is 2.94. The van der Waals surface area contributed by atoms with Crippen LogP contribution in [0.25, 0.3) is 11.3 Å². The average Bonchev–Trinajstić information content (AvgIpc) is 3.21. The highest BCUT2D eigenvalue weighted by Gasteiger charge is 2.17. The van der Waals surface area contributed by atoms with Crippen LogP contribution in [0.4, 0.5) is 0 Å². The molecule has 0 bridgehead atoms. The minimum Gasteiger partial charge on any atom is -0.454 e. The number of carbonyl (C=O) groups excluding carboxylic acids is 1. The van der Waals surface area contributed by atoms with E-state index in [1.807, 2.05) is 37.5 Å². The average molecular weight is 414 g/mol. The number of ketones is 1. The quantitative estimate of drug-likeness (QED) is 0.666. The van der Waals surface area contributed by atoms with Gasteiger partial charge in [-0.1, -0.05) is 28.1 Å². The Balaban J connectivity index is 1.64. The number of Topliss-reactive ketones (excluding diaryl/α,β-unsaturated/α-hetero) is 1. The molecule has 4 rings (SSSR count). The molecule has 0 atom stereocenters. The van der Waals surface area contributed by atoms with Crippen molar-refractivity contribution < 1.29 is 14.3 Å². The van der Waals surface area contributed by atoms with Gasteiger partial charge in [-0.2, -0.15) is 0 Å². The number of nitrogens with zero attached hydrogens (tertiary/aromatic N) is 2. The molecule has 2 heterocycles. The van der Waals surface area contributed by atoms with Crippen molar-refractivity contribution in [3.05, 3.63) is 64.3 Å². The van der Waals surface area contributed by atoms with E-state index in [1.54, 1.807) is 27.3 Å². The first-order valence-corrected chi connectivity index (χ1v) is 8.82. The van der Waals surface area contributed by atoms with Gasteiger partial charge in [-0.15, -0.1) is 0 Å². The van der Waals surface area contributed by atoms with E-state index in [-0.39, 0.29) is 24.7 Å². The second-order valence-electron chi connectivity index (χ2n) is 6.03. The highest BCUT2D eigenvalue weighted by Crippen LogP contribution is 2.32. The van der Waals surface area contributed by atoms with Gasteiger partial charge in [-0.05, 0) is 30.3 Å². The third-order valence-corrected chi connectivity index (χ3v) is 4.85. The fourth-order valence-electron chi connectivity index (χ4n) is 2.95. The zero-order valence-electron chi connectivity index (χ0n) is 14.0. The molecule has 1 aliphatic heterocycles. The Labute approximate surface area is 158 Å². The summed E-state index contributed by atoms with van der Waals surface area (Å²) in [5, 5.41) is 8.31. The first-order valence-electron chi connectivity index (χ1n) is 8.02. The maximum absolute atomic E-state index is 12.7. The normalized spacial score (nSPS) is 12.4. The van der Waals surface area contributed by atoms with E-state index < -0.39 is 0 Å². The Morgan fingerprint density at radius 3 is 2.81 bits per heavy atom. The van der Waals surface area contributed by atoms with Crippen LogP contribution in [-0.2, 0) is 13.6 Å². The van der Waals surface area contributed by atoms with Gasteiger partial charge in [0.2, 0.25) is 12.4 Å². The number of aromatic nitrogens is 2. The molecule has 1 N–H and O–H groups in total. The standard InChI is InChI=1S/C19H16BrN3O3/c1-22-15(12-3-2-4-14(20)7-12)9-23(19(22)21)10-16(24)13-5-6-17-18(8-13)26-11-25-17/h2-9,21H,10-11H2,1H3. The molecule has 0 unspecified atom stereocenters. The van der Waals surface area contributed by atoms with Gasteiger partial charge in [0.25, 0.3) is 0 Å². The molecule has 1 aliphatic rings. The largest absolute Gasteiger partial charge is 0.454 e. The van der Waals surface area contributed by atoms with Gasteiger partial charge in [0, 0.05) is 28.8 Å². The molecule has 0 amide bonds. The monoisotopic (exact) mass is 413 g/mol. The van der Waals surface area contributed by atoms with Gasteiger partial charge >= 0.3 is 0 Å². The lowest BCUT2D eigenvalue weighted by atomic mass is 10.1. The van der Waals surface area contributed by atoms with Crippen LogP contribution in [0.2, 0.25) is 0 Å². The molecule has 0 spiro atoms. The predicted molar refractivity (Wildman–Crippen MR) is 99.3 cm³/mol. The number of benzene rings is 2. The van der Waals surface area contributed by atoms with E-state index in [4.69, 9.17) is 14.9 Å². The number of nitrogens with one attached hydrogen (secondary N) is 1. The van der Waals surface area contributed by atoms with Crippen LogP contribution in [0.3, 0.4) is 0 Å². The van der Waals surface area contributed by atoms with Crippen LogP contribution >= 0.6 is 15.9 Å². The number of hydrogen-bond donors (Lipinski definition) is 1. The van der Waals surface area contributed by atoms with Crippen molar-refractivity contribution in [2.75, 3.05) is 6.79 Å². The van der Waals surface area contributed by atoms with Crippen LogP contribution in [-0.4, -0.2) is 21.7 Å². The van der Waals surface area contributed by atoms with Crippen LogP contribution in [0.5, 0.6) is 11.5 Å². The predicted octanol–water partition coefficient (Wildman–Crippen LogP) is 3.35. The second kappa shape index (κ2) is 6.49. The van der Waals surface area contributed by atoms with E-state index in [2.05, 4.69) is 15.9 Å². The van der Waals surface area contributed by atoms with Crippen molar-refractivity contribution >= 4 is 21.7 Å². The van der Waals surface area contributed by atoms with Crippen LogP contribution < -0.4 is 15.1 Å². The van der Waals surface area contributed by atoms with Crippen molar-refractivity contribution in [2.45, 2.75) is 6.54 Å². The van der Waals surface area contributed by atoms with Gasteiger partial charge < -0.3 is 18.6 Å². The smallest absolute Gasteiger partial charge is 0.231 e. The third-order valence-electron chi connectivity index (χ3n) is 4.36. The summed E-state index contributed by atoms with van der Waals surface area (Å²) in [5.41, 5.74) is 2.64. The summed E-state index contributed by atoms with van der Waals surface area (Å²) in [7, 11) is 1.82. The molecule has 0 saturated heterocycles. The number of carbonyl (C=O) groups is 1. The summed E-state index contributed by atoms with van der Waals surface area (Å²) in [5.74, 6) is 1.13. The fraction of sp³-hybridized carbons (Fsp3) is 0.158. The van der Waals surface area contributed by atoms with Crippen LogP contribution in [0, 0.1) is 5.41 Å². The van der Waals surface area contributed by atoms with Crippen molar-refractivity contribution in [3.8, 4) is 22.8 Å². The molecular formula is C19H16BrN3O3. The Hall–Kier alpha value is -2.80. The number of hydrogen-bond acceptors (Lipinski definition) is 4. The summed E-state index contributed by atoms with van der Waals surface area (Å²) in [6.07, 6.45) is 1.83. The molecule has 0 aliphatic carbocycles. The molecule has 132 valence electrons. The maximum atomic E-state index is 12.7. The minimum atomic E-state index is -0.0896. The van der Waals surface area contributed by atoms with E-state index in [1.165, 1.54) is 0 Å². The number of imidazole rings is 1. The molecule has 0 fully saturated rings. The summed E-state index contributed by atoms with van der Waals surface area (Å²) in [4.78, 5) is 12.7. The lowest BCUT2D eigenvalue weighted by Gasteiger charge is -2.04.